The summed E-state index contributed by atoms with van der Waals surface area (Å²) >= 11 is 0. The highest BCUT2D eigenvalue weighted by Crippen LogP contribution is 2.23. The Morgan fingerprint density at radius 2 is 1.52 bits per heavy atom. The second kappa shape index (κ2) is 10.2. The van der Waals surface area contributed by atoms with Crippen LogP contribution in [0.3, 0.4) is 0 Å². The Bertz CT molecular complexity index is 1040. The van der Waals surface area contributed by atoms with Crippen molar-refractivity contribution in [1.29, 1.82) is 0 Å². The molecule has 0 saturated heterocycles. The number of hydrogen-bond donors (Lipinski definition) is 2. The molecule has 0 saturated carbocycles. The van der Waals surface area contributed by atoms with Crippen molar-refractivity contribution < 1.29 is 27.8 Å². The number of amides is 2. The van der Waals surface area contributed by atoms with Crippen molar-refractivity contribution in [2.24, 2.45) is 0 Å². The number of halogens is 2. The molecule has 1 atom stereocenters. The maximum atomic E-state index is 13.5. The summed E-state index contributed by atoms with van der Waals surface area (Å²) in [4.78, 5) is 24.4. The van der Waals surface area contributed by atoms with Gasteiger partial charge in [0.25, 0.3) is 5.91 Å². The van der Waals surface area contributed by atoms with Crippen LogP contribution >= 0.6 is 0 Å². The van der Waals surface area contributed by atoms with Crippen LogP contribution in [-0.4, -0.2) is 25.5 Å². The van der Waals surface area contributed by atoms with Crippen LogP contribution in [0.4, 0.5) is 8.78 Å². The van der Waals surface area contributed by atoms with E-state index in [0.29, 0.717) is 17.2 Å². The molecule has 3 rings (SSSR count). The first-order chi connectivity index (χ1) is 15.0. The number of para-hydroxylation sites is 1. The van der Waals surface area contributed by atoms with E-state index in [-0.39, 0.29) is 12.2 Å². The van der Waals surface area contributed by atoms with Crippen LogP contribution < -0.4 is 20.1 Å². The van der Waals surface area contributed by atoms with E-state index < -0.39 is 29.5 Å². The van der Waals surface area contributed by atoms with Crippen LogP contribution in [0.1, 0.15) is 11.6 Å². The second-order valence-corrected chi connectivity index (χ2v) is 6.46. The topological polar surface area (TPSA) is 76.7 Å². The molecule has 6 nitrogen and oxygen atoms in total. The minimum atomic E-state index is -1.20. The zero-order chi connectivity index (χ0) is 22.2. The summed E-state index contributed by atoms with van der Waals surface area (Å²) in [6.45, 7) is -0.379. The van der Waals surface area contributed by atoms with Gasteiger partial charge in [-0.2, -0.15) is 0 Å². The molecule has 0 aliphatic rings. The molecular weight excluding hydrogens is 406 g/mol. The summed E-state index contributed by atoms with van der Waals surface area (Å²) in [5.41, 5.74) is 0.106. The van der Waals surface area contributed by atoms with E-state index in [1.165, 1.54) is 13.1 Å². The van der Waals surface area contributed by atoms with Crippen LogP contribution in [-0.2, 0) is 9.59 Å². The van der Waals surface area contributed by atoms with E-state index in [0.717, 1.165) is 12.1 Å². The Morgan fingerprint density at radius 3 is 2.16 bits per heavy atom. The molecule has 0 bridgehead atoms. The van der Waals surface area contributed by atoms with Gasteiger partial charge < -0.3 is 20.1 Å². The number of rotatable bonds is 8. The van der Waals surface area contributed by atoms with Gasteiger partial charge in [0.1, 0.15) is 23.3 Å². The minimum Gasteiger partial charge on any atom is -0.484 e. The molecule has 0 spiro atoms. The highest BCUT2D eigenvalue weighted by Gasteiger charge is 2.23. The number of benzene rings is 3. The molecule has 0 fully saturated rings. The van der Waals surface area contributed by atoms with Gasteiger partial charge in [-0.1, -0.05) is 24.3 Å². The third-order valence-electron chi connectivity index (χ3n) is 4.26. The van der Waals surface area contributed by atoms with Gasteiger partial charge in [-0.15, -0.1) is 0 Å². The largest absolute Gasteiger partial charge is 0.484 e. The molecule has 0 heterocycles. The normalized spacial score (nSPS) is 11.3. The standard InChI is InChI=1S/C23H20F2N2O4/c1-26-23(29)22(15-7-12-19(24)20(25)13-15)27-21(28)14-30-16-8-10-18(11-9-16)31-17-5-3-2-4-6-17/h2-13,22H,14H2,1H3,(H,26,29)(H,27,28). The van der Waals surface area contributed by atoms with Gasteiger partial charge in [0, 0.05) is 7.05 Å². The fourth-order valence-electron chi connectivity index (χ4n) is 2.72. The zero-order valence-corrected chi connectivity index (χ0v) is 16.6. The molecule has 31 heavy (non-hydrogen) atoms. The monoisotopic (exact) mass is 426 g/mol. The van der Waals surface area contributed by atoms with Gasteiger partial charge in [-0.3, -0.25) is 9.59 Å². The Kier molecular flexibility index (Phi) is 7.16. The summed E-state index contributed by atoms with van der Waals surface area (Å²) in [5, 5.41) is 4.83. The summed E-state index contributed by atoms with van der Waals surface area (Å²) < 4.78 is 37.8. The molecular formula is C23H20F2N2O4. The van der Waals surface area contributed by atoms with Gasteiger partial charge in [0.15, 0.2) is 18.2 Å². The average molecular weight is 426 g/mol. The Balaban J connectivity index is 1.58. The molecule has 8 heteroatoms. The molecule has 2 N–H and O–H groups in total. The van der Waals surface area contributed by atoms with Crippen molar-refractivity contribution in [3.8, 4) is 17.2 Å². The number of hydrogen-bond acceptors (Lipinski definition) is 4. The van der Waals surface area contributed by atoms with Crippen molar-refractivity contribution in [2.75, 3.05) is 13.7 Å². The Hall–Kier alpha value is -3.94. The molecule has 160 valence electrons. The van der Waals surface area contributed by atoms with Crippen molar-refractivity contribution in [2.45, 2.75) is 6.04 Å². The molecule has 0 aromatic heterocycles. The highest BCUT2D eigenvalue weighted by atomic mass is 19.2. The molecule has 0 aliphatic carbocycles. The van der Waals surface area contributed by atoms with E-state index in [4.69, 9.17) is 9.47 Å². The number of nitrogens with one attached hydrogen (secondary N) is 2. The number of ether oxygens (including phenoxy) is 2. The maximum absolute atomic E-state index is 13.5. The first-order valence-corrected chi connectivity index (χ1v) is 9.38. The van der Waals surface area contributed by atoms with Crippen molar-refractivity contribution in [1.82, 2.24) is 10.6 Å². The number of carbonyl (C=O) groups is 2. The second-order valence-electron chi connectivity index (χ2n) is 6.46. The quantitative estimate of drug-likeness (QED) is 0.575. The molecule has 2 amide bonds. The Morgan fingerprint density at radius 1 is 0.871 bits per heavy atom. The van der Waals surface area contributed by atoms with Crippen molar-refractivity contribution in [3.05, 3.63) is 90.0 Å². The lowest BCUT2D eigenvalue weighted by atomic mass is 10.1. The predicted octanol–water partition coefficient (Wildman–Crippen LogP) is 3.74. The first kappa shape index (κ1) is 21.8. The summed E-state index contributed by atoms with van der Waals surface area (Å²) in [5.74, 6) is -1.65. The SMILES string of the molecule is CNC(=O)C(NC(=O)COc1ccc(Oc2ccccc2)cc1)c1ccc(F)c(F)c1. The van der Waals surface area contributed by atoms with Crippen LogP contribution in [0.2, 0.25) is 0 Å². The van der Waals surface area contributed by atoms with Crippen molar-refractivity contribution >= 4 is 11.8 Å². The maximum Gasteiger partial charge on any atom is 0.258 e. The molecule has 0 radical (unpaired) electrons. The highest BCUT2D eigenvalue weighted by molar-refractivity contribution is 5.89. The van der Waals surface area contributed by atoms with Crippen molar-refractivity contribution in [3.63, 3.8) is 0 Å². The van der Waals surface area contributed by atoms with Gasteiger partial charge in [0.2, 0.25) is 5.91 Å². The van der Waals surface area contributed by atoms with Gasteiger partial charge >= 0.3 is 0 Å². The first-order valence-electron chi connectivity index (χ1n) is 9.38. The zero-order valence-electron chi connectivity index (χ0n) is 16.6. The van der Waals surface area contributed by atoms with E-state index in [1.807, 2.05) is 30.3 Å². The fourth-order valence-corrected chi connectivity index (χ4v) is 2.72. The minimum absolute atomic E-state index is 0.106. The van der Waals surface area contributed by atoms with E-state index in [2.05, 4.69) is 10.6 Å². The van der Waals surface area contributed by atoms with E-state index in [9.17, 15) is 18.4 Å². The smallest absolute Gasteiger partial charge is 0.258 e. The van der Waals surface area contributed by atoms with Crippen LogP contribution in [0.5, 0.6) is 17.2 Å². The summed E-state index contributed by atoms with van der Waals surface area (Å²) in [6.07, 6.45) is 0. The lowest BCUT2D eigenvalue weighted by Crippen LogP contribution is -2.41. The lowest BCUT2D eigenvalue weighted by molar-refractivity contribution is -0.129. The molecule has 3 aromatic carbocycles. The molecule has 3 aromatic rings. The summed E-state index contributed by atoms with van der Waals surface area (Å²) in [7, 11) is 1.37. The Labute approximate surface area is 177 Å². The van der Waals surface area contributed by atoms with E-state index in [1.54, 1.807) is 24.3 Å². The van der Waals surface area contributed by atoms with E-state index >= 15 is 0 Å². The molecule has 0 aliphatic heterocycles. The van der Waals surface area contributed by atoms with Gasteiger partial charge in [-0.05, 0) is 54.1 Å². The third kappa shape index (κ3) is 6.02. The summed E-state index contributed by atoms with van der Waals surface area (Å²) in [6, 6.07) is 17.7. The average Bonchev–Trinajstić information content (AvgIpc) is 2.79. The van der Waals surface area contributed by atoms with Gasteiger partial charge in [-0.25, -0.2) is 8.78 Å². The van der Waals surface area contributed by atoms with Crippen LogP contribution in [0.25, 0.3) is 0 Å². The van der Waals surface area contributed by atoms with Gasteiger partial charge in [0.05, 0.1) is 0 Å². The number of carbonyl (C=O) groups excluding carboxylic acids is 2. The predicted molar refractivity (Wildman–Crippen MR) is 110 cm³/mol. The third-order valence-corrected chi connectivity index (χ3v) is 4.26. The van der Waals surface area contributed by atoms with Crippen LogP contribution in [0, 0.1) is 11.6 Å². The molecule has 1 unspecified atom stereocenters. The van der Waals surface area contributed by atoms with Crippen LogP contribution in [0.15, 0.2) is 72.8 Å². The number of likely N-dealkylation sites (N-methyl/N-ethyl adjacent to an activating group) is 1. The fraction of sp³-hybridized carbons (Fsp3) is 0.130. The lowest BCUT2D eigenvalue weighted by Gasteiger charge is -2.18.